The van der Waals surface area contributed by atoms with Gasteiger partial charge in [-0.05, 0) is 5.56 Å². The summed E-state index contributed by atoms with van der Waals surface area (Å²) in [5.41, 5.74) is 1.26. The fraction of sp³-hybridized carbons (Fsp3) is 0.214. The van der Waals surface area contributed by atoms with Crippen molar-refractivity contribution < 1.29 is 0 Å². The van der Waals surface area contributed by atoms with Gasteiger partial charge in [0, 0.05) is 25.0 Å². The third kappa shape index (κ3) is 3.20. The zero-order valence-electron chi connectivity index (χ0n) is 11.1. The molecule has 0 fully saturated rings. The summed E-state index contributed by atoms with van der Waals surface area (Å²) < 4.78 is 0. The maximum Gasteiger partial charge on any atom is 0.208 e. The molecule has 1 aromatic carbocycles. The predicted octanol–water partition coefficient (Wildman–Crippen LogP) is 3.22. The van der Waals surface area contributed by atoms with Gasteiger partial charge in [0.15, 0.2) is 0 Å². The molecule has 0 aliphatic heterocycles. The van der Waals surface area contributed by atoms with Gasteiger partial charge >= 0.3 is 0 Å². The molecule has 0 bridgehead atoms. The third-order valence-electron chi connectivity index (χ3n) is 2.84. The molecule has 4 nitrogen and oxygen atoms in total. The monoisotopic (exact) mass is 302 g/mol. The number of aromatic nitrogens is 3. The van der Waals surface area contributed by atoms with Gasteiger partial charge in [0.2, 0.25) is 5.13 Å². The number of hydrogen-bond acceptors (Lipinski definition) is 6. The minimum atomic E-state index is 0.775. The average Bonchev–Trinajstić information content (AvgIpc) is 3.11. The van der Waals surface area contributed by atoms with Gasteiger partial charge in [-0.15, -0.1) is 21.5 Å². The lowest BCUT2D eigenvalue weighted by atomic mass is 10.2. The van der Waals surface area contributed by atoms with E-state index in [0.717, 1.165) is 28.1 Å². The van der Waals surface area contributed by atoms with Crippen molar-refractivity contribution in [2.45, 2.75) is 13.0 Å². The van der Waals surface area contributed by atoms with E-state index >= 15 is 0 Å². The van der Waals surface area contributed by atoms with Crippen LogP contribution >= 0.6 is 22.7 Å². The second-order valence-corrected chi connectivity index (χ2v) is 6.44. The molecular weight excluding hydrogens is 288 g/mol. The molecule has 0 atom stereocenters. The van der Waals surface area contributed by atoms with Crippen molar-refractivity contribution in [3.05, 3.63) is 57.5 Å². The van der Waals surface area contributed by atoms with Crippen molar-refractivity contribution in [3.8, 4) is 0 Å². The van der Waals surface area contributed by atoms with E-state index in [1.165, 1.54) is 5.56 Å². The molecular formula is C14H14N4S2. The molecule has 0 unspecified atom stereocenters. The van der Waals surface area contributed by atoms with Crippen molar-refractivity contribution in [1.82, 2.24) is 15.2 Å². The molecule has 0 amide bonds. The van der Waals surface area contributed by atoms with Crippen LogP contribution in [0.4, 0.5) is 5.13 Å². The second kappa shape index (κ2) is 6.11. The number of hydrogen-bond donors (Lipinski definition) is 0. The molecule has 3 aromatic rings. The Morgan fingerprint density at radius 3 is 2.70 bits per heavy atom. The van der Waals surface area contributed by atoms with E-state index in [-0.39, 0.29) is 0 Å². The third-order valence-corrected chi connectivity index (χ3v) is 4.64. The lowest BCUT2D eigenvalue weighted by molar-refractivity contribution is 0.879. The van der Waals surface area contributed by atoms with Gasteiger partial charge in [0.25, 0.3) is 0 Å². The Balaban J connectivity index is 1.67. The molecule has 20 heavy (non-hydrogen) atoms. The highest BCUT2D eigenvalue weighted by molar-refractivity contribution is 7.15. The van der Waals surface area contributed by atoms with E-state index in [4.69, 9.17) is 0 Å². The molecule has 0 saturated heterocycles. The SMILES string of the molecule is CN(Cc1nccs1)c1nnc(Cc2ccccc2)s1. The molecule has 0 aliphatic carbocycles. The van der Waals surface area contributed by atoms with Crippen LogP contribution < -0.4 is 4.90 Å². The molecule has 0 aliphatic rings. The van der Waals surface area contributed by atoms with E-state index in [1.807, 2.05) is 36.8 Å². The molecule has 0 spiro atoms. The van der Waals surface area contributed by atoms with Gasteiger partial charge < -0.3 is 4.90 Å². The van der Waals surface area contributed by atoms with E-state index < -0.39 is 0 Å². The first-order valence-corrected chi connectivity index (χ1v) is 7.96. The van der Waals surface area contributed by atoms with Crippen molar-refractivity contribution in [3.63, 3.8) is 0 Å². The predicted molar refractivity (Wildman–Crippen MR) is 83.4 cm³/mol. The fourth-order valence-electron chi connectivity index (χ4n) is 1.84. The first-order valence-electron chi connectivity index (χ1n) is 6.27. The van der Waals surface area contributed by atoms with Gasteiger partial charge in [0.1, 0.15) is 10.0 Å². The van der Waals surface area contributed by atoms with Crippen LogP contribution in [0.15, 0.2) is 41.9 Å². The fourth-order valence-corrected chi connectivity index (χ4v) is 3.34. The molecule has 2 heterocycles. The summed E-state index contributed by atoms with van der Waals surface area (Å²) >= 11 is 3.30. The van der Waals surface area contributed by atoms with Crippen molar-refractivity contribution >= 4 is 27.8 Å². The molecule has 0 N–H and O–H groups in total. The van der Waals surface area contributed by atoms with Gasteiger partial charge in [-0.3, -0.25) is 0 Å². The Morgan fingerprint density at radius 2 is 1.95 bits per heavy atom. The minimum Gasteiger partial charge on any atom is -0.343 e. The normalized spacial score (nSPS) is 10.7. The van der Waals surface area contributed by atoms with E-state index in [1.54, 1.807) is 22.7 Å². The van der Waals surface area contributed by atoms with E-state index in [0.29, 0.717) is 0 Å². The maximum atomic E-state index is 4.29. The van der Waals surface area contributed by atoms with Crippen molar-refractivity contribution in [2.24, 2.45) is 0 Å². The summed E-state index contributed by atoms with van der Waals surface area (Å²) in [7, 11) is 2.02. The first kappa shape index (κ1) is 13.2. The maximum absolute atomic E-state index is 4.29. The average molecular weight is 302 g/mol. The molecule has 0 radical (unpaired) electrons. The number of thiazole rings is 1. The van der Waals surface area contributed by atoms with Gasteiger partial charge in [-0.2, -0.15) is 0 Å². The summed E-state index contributed by atoms with van der Waals surface area (Å²) in [5, 5.41) is 13.6. The van der Waals surface area contributed by atoms with Crippen molar-refractivity contribution in [2.75, 3.05) is 11.9 Å². The van der Waals surface area contributed by atoms with Crippen LogP contribution in [0.2, 0.25) is 0 Å². The Morgan fingerprint density at radius 1 is 1.10 bits per heavy atom. The minimum absolute atomic E-state index is 0.775. The Hall–Kier alpha value is -1.79. The van der Waals surface area contributed by atoms with Crippen LogP contribution in [-0.4, -0.2) is 22.2 Å². The smallest absolute Gasteiger partial charge is 0.208 e. The quantitative estimate of drug-likeness (QED) is 0.725. The number of benzene rings is 1. The summed E-state index contributed by atoms with van der Waals surface area (Å²) in [5.74, 6) is 0. The molecule has 3 rings (SSSR count). The number of nitrogens with zero attached hydrogens (tertiary/aromatic N) is 4. The lowest BCUT2D eigenvalue weighted by Crippen LogP contribution is -2.15. The highest BCUT2D eigenvalue weighted by Gasteiger charge is 2.10. The summed E-state index contributed by atoms with van der Waals surface area (Å²) in [4.78, 5) is 6.38. The van der Waals surface area contributed by atoms with Crippen LogP contribution in [-0.2, 0) is 13.0 Å². The van der Waals surface area contributed by atoms with Crippen molar-refractivity contribution in [1.29, 1.82) is 0 Å². The Kier molecular flexibility index (Phi) is 4.03. The summed E-state index contributed by atoms with van der Waals surface area (Å²) in [6.45, 7) is 0.775. The van der Waals surface area contributed by atoms with Crippen LogP contribution in [0.5, 0.6) is 0 Å². The van der Waals surface area contributed by atoms with Gasteiger partial charge in [-0.25, -0.2) is 4.98 Å². The highest BCUT2D eigenvalue weighted by Crippen LogP contribution is 2.23. The van der Waals surface area contributed by atoms with Gasteiger partial charge in [0.05, 0.1) is 6.54 Å². The zero-order valence-corrected chi connectivity index (χ0v) is 12.7. The molecule has 2 aromatic heterocycles. The van der Waals surface area contributed by atoms with Crippen LogP contribution in [0.1, 0.15) is 15.6 Å². The standard InChI is InChI=1S/C14H14N4S2/c1-18(10-13-15-7-8-19-13)14-17-16-12(20-14)9-11-5-3-2-4-6-11/h2-8H,9-10H2,1H3. The van der Waals surface area contributed by atoms with Crippen LogP contribution in [0.25, 0.3) is 0 Å². The molecule has 102 valence electrons. The van der Waals surface area contributed by atoms with E-state index in [2.05, 4.69) is 32.2 Å². The highest BCUT2D eigenvalue weighted by atomic mass is 32.1. The van der Waals surface area contributed by atoms with Crippen LogP contribution in [0, 0.1) is 0 Å². The van der Waals surface area contributed by atoms with E-state index in [9.17, 15) is 0 Å². The Bertz CT molecular complexity index is 649. The first-order chi connectivity index (χ1) is 9.81. The number of anilines is 1. The molecule has 6 heteroatoms. The Labute approximate surface area is 125 Å². The van der Waals surface area contributed by atoms with Crippen LogP contribution in [0.3, 0.4) is 0 Å². The van der Waals surface area contributed by atoms with Gasteiger partial charge in [-0.1, -0.05) is 41.7 Å². The number of rotatable bonds is 5. The summed E-state index contributed by atoms with van der Waals surface area (Å²) in [6, 6.07) is 10.3. The largest absolute Gasteiger partial charge is 0.343 e. The summed E-state index contributed by atoms with van der Waals surface area (Å²) in [6.07, 6.45) is 2.67. The lowest BCUT2D eigenvalue weighted by Gasteiger charge is -2.12. The molecule has 0 saturated carbocycles. The second-order valence-electron chi connectivity index (χ2n) is 4.42. The topological polar surface area (TPSA) is 41.9 Å². The zero-order chi connectivity index (χ0) is 13.8.